The van der Waals surface area contributed by atoms with Crippen molar-refractivity contribution in [2.45, 2.75) is 54.0 Å². The Morgan fingerprint density at radius 1 is 1.10 bits per heavy atom. The highest BCUT2D eigenvalue weighted by Gasteiger charge is 2.21. The molecule has 0 radical (unpaired) electrons. The maximum Gasteiger partial charge on any atom is 0.371 e. The van der Waals surface area contributed by atoms with Crippen LogP contribution in [-0.2, 0) is 13.0 Å². The Hall–Kier alpha value is -3.97. The number of hydrogen-bond acceptors (Lipinski definition) is 4. The van der Waals surface area contributed by atoms with Gasteiger partial charge >= 0.3 is 5.97 Å². The lowest BCUT2D eigenvalue weighted by Crippen LogP contribution is -2.04. The molecular weight excluding hydrogens is 514 g/mol. The monoisotopic (exact) mass is 545 g/mol. The molecule has 0 aliphatic heterocycles. The number of aromatic carboxylic acids is 1. The Labute approximate surface area is 232 Å². The number of benzene rings is 2. The number of carboxylic acid groups (broad SMARTS) is 1. The quantitative estimate of drug-likeness (QED) is 0.186. The summed E-state index contributed by atoms with van der Waals surface area (Å²) in [6, 6.07) is 13.5. The summed E-state index contributed by atoms with van der Waals surface area (Å²) in [5.74, 6) is 0.276. The fraction of sp³-hybridized carbons (Fsp3) is 0.290. The van der Waals surface area contributed by atoms with Crippen LogP contribution in [0.5, 0.6) is 5.75 Å². The van der Waals surface area contributed by atoms with Crippen molar-refractivity contribution in [1.29, 1.82) is 0 Å². The number of nitrogens with one attached hydrogen (secondary N) is 1. The van der Waals surface area contributed by atoms with Crippen LogP contribution in [0.4, 0.5) is 0 Å². The highest BCUT2D eigenvalue weighted by molar-refractivity contribution is 6.32. The van der Waals surface area contributed by atoms with Gasteiger partial charge in [-0.1, -0.05) is 29.8 Å². The van der Waals surface area contributed by atoms with Gasteiger partial charge in [-0.15, -0.1) is 0 Å². The summed E-state index contributed by atoms with van der Waals surface area (Å²) in [6.07, 6.45) is 1.66. The Morgan fingerprint density at radius 2 is 1.85 bits per heavy atom. The minimum absolute atomic E-state index is 0.0640. The Balaban J connectivity index is 1.50. The summed E-state index contributed by atoms with van der Waals surface area (Å²) in [6.45, 7) is 11.1. The van der Waals surface area contributed by atoms with E-state index in [1.165, 1.54) is 11.6 Å². The molecule has 0 fully saturated rings. The molecule has 8 heteroatoms. The summed E-state index contributed by atoms with van der Waals surface area (Å²) in [4.78, 5) is 11.4. The normalized spacial score (nSPS) is 11.4. The van der Waals surface area contributed by atoms with E-state index < -0.39 is 5.97 Å². The molecule has 7 nitrogen and oxygen atoms in total. The van der Waals surface area contributed by atoms with Gasteiger partial charge in [0.1, 0.15) is 11.5 Å². The first-order chi connectivity index (χ1) is 18.7. The first kappa shape index (κ1) is 26.6. The molecule has 5 rings (SSSR count). The van der Waals surface area contributed by atoms with Crippen molar-refractivity contribution in [3.8, 4) is 16.9 Å². The molecule has 0 saturated heterocycles. The van der Waals surface area contributed by atoms with Crippen LogP contribution in [0.3, 0.4) is 0 Å². The molecule has 0 bridgehead atoms. The number of halogens is 1. The molecule has 3 aromatic heterocycles. The summed E-state index contributed by atoms with van der Waals surface area (Å²) in [5, 5.41) is 18.8. The zero-order valence-electron chi connectivity index (χ0n) is 22.8. The van der Waals surface area contributed by atoms with Crippen LogP contribution in [0.2, 0.25) is 5.02 Å². The van der Waals surface area contributed by atoms with E-state index >= 15 is 0 Å². The van der Waals surface area contributed by atoms with Crippen molar-refractivity contribution in [2.75, 3.05) is 6.61 Å². The molecule has 5 aromatic rings. The lowest BCUT2D eigenvalue weighted by atomic mass is 9.99. The van der Waals surface area contributed by atoms with Crippen LogP contribution in [-0.4, -0.2) is 32.4 Å². The summed E-state index contributed by atoms with van der Waals surface area (Å²) in [7, 11) is 0. The van der Waals surface area contributed by atoms with E-state index in [2.05, 4.69) is 39.9 Å². The van der Waals surface area contributed by atoms with Gasteiger partial charge in [0.2, 0.25) is 5.76 Å². The van der Waals surface area contributed by atoms with Crippen LogP contribution in [0.15, 0.2) is 46.9 Å². The molecule has 0 amide bonds. The first-order valence-corrected chi connectivity index (χ1v) is 13.4. The number of aromatic amines is 1. The Morgan fingerprint density at radius 3 is 2.49 bits per heavy atom. The number of rotatable bonds is 9. The zero-order chi connectivity index (χ0) is 27.8. The second-order valence-electron chi connectivity index (χ2n) is 10.1. The second-order valence-corrected chi connectivity index (χ2v) is 10.4. The maximum absolute atomic E-state index is 11.4. The largest absolute Gasteiger partial charge is 0.494 e. The van der Waals surface area contributed by atoms with Crippen molar-refractivity contribution in [3.05, 3.63) is 92.8 Å². The van der Waals surface area contributed by atoms with Gasteiger partial charge in [-0.25, -0.2) is 4.79 Å². The van der Waals surface area contributed by atoms with E-state index in [1.54, 1.807) is 6.07 Å². The van der Waals surface area contributed by atoms with Crippen molar-refractivity contribution >= 4 is 28.5 Å². The summed E-state index contributed by atoms with van der Waals surface area (Å²) in [5.41, 5.74) is 9.53. The minimum atomic E-state index is -1.08. The van der Waals surface area contributed by atoms with Gasteiger partial charge in [0.25, 0.3) is 0 Å². The number of fused-ring (bicyclic) bond motifs is 1. The molecule has 3 heterocycles. The zero-order valence-corrected chi connectivity index (χ0v) is 23.6. The Bertz CT molecular complexity index is 1650. The van der Waals surface area contributed by atoms with Gasteiger partial charge in [-0.05, 0) is 88.4 Å². The van der Waals surface area contributed by atoms with E-state index in [0.717, 1.165) is 73.9 Å². The number of nitrogens with zero attached hydrogens (tertiary/aromatic N) is 2. The number of para-hydroxylation sites is 1. The van der Waals surface area contributed by atoms with Crippen molar-refractivity contribution < 1.29 is 19.1 Å². The highest BCUT2D eigenvalue weighted by Crippen LogP contribution is 2.37. The molecular formula is C31H32ClN3O4. The van der Waals surface area contributed by atoms with E-state index in [4.69, 9.17) is 20.8 Å². The molecule has 0 aliphatic carbocycles. The third kappa shape index (κ3) is 5.06. The highest BCUT2D eigenvalue weighted by atomic mass is 35.5. The number of furan rings is 1. The van der Waals surface area contributed by atoms with Crippen molar-refractivity contribution in [1.82, 2.24) is 14.8 Å². The number of ether oxygens (including phenoxy) is 1. The van der Waals surface area contributed by atoms with Gasteiger partial charge in [0, 0.05) is 32.9 Å². The summed E-state index contributed by atoms with van der Waals surface area (Å²) >= 11 is 6.31. The molecule has 0 saturated carbocycles. The minimum Gasteiger partial charge on any atom is -0.494 e. The predicted octanol–water partition coefficient (Wildman–Crippen LogP) is 7.58. The molecule has 202 valence electrons. The molecule has 0 atom stereocenters. The lowest BCUT2D eigenvalue weighted by molar-refractivity contribution is 0.0660. The van der Waals surface area contributed by atoms with Crippen molar-refractivity contribution in [2.24, 2.45) is 0 Å². The van der Waals surface area contributed by atoms with Gasteiger partial charge in [0.15, 0.2) is 0 Å². The van der Waals surface area contributed by atoms with E-state index in [-0.39, 0.29) is 5.76 Å². The van der Waals surface area contributed by atoms with Gasteiger partial charge in [-0.3, -0.25) is 5.10 Å². The van der Waals surface area contributed by atoms with Gasteiger partial charge < -0.3 is 18.8 Å². The fourth-order valence-corrected chi connectivity index (χ4v) is 5.54. The number of aromatic nitrogens is 3. The molecule has 39 heavy (non-hydrogen) atoms. The average molecular weight is 546 g/mol. The van der Waals surface area contributed by atoms with Crippen LogP contribution < -0.4 is 4.74 Å². The van der Waals surface area contributed by atoms with Gasteiger partial charge in [-0.2, -0.15) is 5.10 Å². The molecule has 2 N–H and O–H groups in total. The number of aryl methyl sites for hydroxylation is 5. The van der Waals surface area contributed by atoms with Gasteiger partial charge in [0.05, 0.1) is 24.4 Å². The molecule has 0 aliphatic rings. The van der Waals surface area contributed by atoms with Crippen LogP contribution in [0.1, 0.15) is 56.5 Å². The summed E-state index contributed by atoms with van der Waals surface area (Å²) < 4.78 is 14.0. The fourth-order valence-electron chi connectivity index (χ4n) is 5.43. The number of carbonyl (C=O) groups is 1. The smallest absolute Gasteiger partial charge is 0.371 e. The number of hydrogen-bond donors (Lipinski definition) is 2. The second kappa shape index (κ2) is 10.7. The Kier molecular flexibility index (Phi) is 7.28. The van der Waals surface area contributed by atoms with E-state index in [0.29, 0.717) is 18.9 Å². The van der Waals surface area contributed by atoms with E-state index in [9.17, 15) is 9.90 Å². The third-order valence-electron chi connectivity index (χ3n) is 7.31. The first-order valence-electron chi connectivity index (χ1n) is 13.0. The maximum atomic E-state index is 11.4. The molecule has 0 spiro atoms. The average Bonchev–Trinajstić information content (AvgIpc) is 3.58. The standard InChI is InChI=1S/C31H32ClN3O4/c1-17-14-23(15-18(2)29(17)32)38-13-7-10-24-21(5)35(16-22-11-12-27(39-22)31(36)37)30-25(24)8-6-9-26(30)28-19(3)33-34-20(28)4/h6,8-9,11-12,14-15H,7,10,13,16H2,1-5H3,(H,33,34)(H,36,37). The van der Waals surface area contributed by atoms with Crippen LogP contribution in [0.25, 0.3) is 22.0 Å². The SMILES string of the molecule is Cc1cc(OCCCc2c(C)n(Cc3ccc(C(=O)O)o3)c3c(-c4c(C)n[nH]c4C)cccc23)cc(C)c1Cl. The molecule has 2 aromatic carbocycles. The molecule has 0 unspecified atom stereocenters. The predicted molar refractivity (Wildman–Crippen MR) is 153 cm³/mol. The third-order valence-corrected chi connectivity index (χ3v) is 7.90. The topological polar surface area (TPSA) is 93.3 Å². The van der Waals surface area contributed by atoms with Crippen LogP contribution >= 0.6 is 11.6 Å². The number of H-pyrrole nitrogens is 1. The number of carboxylic acids is 1. The lowest BCUT2D eigenvalue weighted by Gasteiger charge is -2.11. The van der Waals surface area contributed by atoms with Crippen molar-refractivity contribution in [3.63, 3.8) is 0 Å². The van der Waals surface area contributed by atoms with Crippen LogP contribution in [0, 0.1) is 34.6 Å². The van der Waals surface area contributed by atoms with E-state index in [1.807, 2.05) is 39.8 Å².